The molecule has 0 spiro atoms. The molecule has 0 unspecified atom stereocenters. The Balaban J connectivity index is 1.59. The standard InChI is InChI=1S/C17H21N3O3S/c1-11(15(21)18-13-5-3-4-6-13)24-17-20-19-16(23-17)12-7-9-14(22-2)10-8-12/h7-11,13H,3-6H2,1-2H3,(H,18,21)/t11-/m1/s1. The van der Waals surface area contributed by atoms with Gasteiger partial charge in [0.1, 0.15) is 5.75 Å². The number of hydrogen-bond acceptors (Lipinski definition) is 6. The van der Waals surface area contributed by atoms with Gasteiger partial charge in [0.25, 0.3) is 5.22 Å². The molecule has 0 saturated heterocycles. The third-order valence-corrected chi connectivity index (χ3v) is 5.03. The van der Waals surface area contributed by atoms with Gasteiger partial charge < -0.3 is 14.5 Å². The molecule has 0 radical (unpaired) electrons. The van der Waals surface area contributed by atoms with Crippen molar-refractivity contribution < 1.29 is 13.9 Å². The second-order valence-electron chi connectivity index (χ2n) is 5.85. The zero-order valence-electron chi connectivity index (χ0n) is 13.8. The number of ether oxygens (including phenoxy) is 1. The van der Waals surface area contributed by atoms with Crippen LogP contribution < -0.4 is 10.1 Å². The van der Waals surface area contributed by atoms with Crippen LogP contribution in [0.3, 0.4) is 0 Å². The van der Waals surface area contributed by atoms with Crippen molar-refractivity contribution in [2.45, 2.75) is 49.1 Å². The van der Waals surface area contributed by atoms with Crippen LogP contribution in [0.25, 0.3) is 11.5 Å². The first kappa shape index (κ1) is 16.8. The summed E-state index contributed by atoms with van der Waals surface area (Å²) in [5.74, 6) is 1.23. The Kier molecular flexibility index (Phi) is 5.40. The lowest BCUT2D eigenvalue weighted by molar-refractivity contribution is -0.120. The molecule has 1 aromatic carbocycles. The lowest BCUT2D eigenvalue weighted by atomic mass is 10.2. The summed E-state index contributed by atoms with van der Waals surface area (Å²) in [5.41, 5.74) is 0.818. The molecule has 1 N–H and O–H groups in total. The van der Waals surface area contributed by atoms with Gasteiger partial charge in [-0.25, -0.2) is 0 Å². The summed E-state index contributed by atoms with van der Waals surface area (Å²) in [6.45, 7) is 1.85. The Bertz CT molecular complexity index is 681. The summed E-state index contributed by atoms with van der Waals surface area (Å²) in [6, 6.07) is 7.71. The Morgan fingerprint density at radius 1 is 1.29 bits per heavy atom. The van der Waals surface area contributed by atoms with Gasteiger partial charge in [0.2, 0.25) is 11.8 Å². The normalized spacial score (nSPS) is 16.1. The second-order valence-corrected chi connectivity index (χ2v) is 7.14. The van der Waals surface area contributed by atoms with Gasteiger partial charge in [0.15, 0.2) is 0 Å². The fraction of sp³-hybridized carbons (Fsp3) is 0.471. The number of aromatic nitrogens is 2. The van der Waals surface area contributed by atoms with Crippen LogP contribution in [0, 0.1) is 0 Å². The minimum Gasteiger partial charge on any atom is -0.497 e. The molecule has 1 heterocycles. The maximum atomic E-state index is 12.2. The Hall–Kier alpha value is -2.02. The highest BCUT2D eigenvalue weighted by atomic mass is 32.2. The second kappa shape index (κ2) is 7.70. The number of hydrogen-bond donors (Lipinski definition) is 1. The van der Waals surface area contributed by atoms with Crippen molar-refractivity contribution in [2.24, 2.45) is 0 Å². The van der Waals surface area contributed by atoms with Crippen molar-refractivity contribution in [3.63, 3.8) is 0 Å². The number of carbonyl (C=O) groups excluding carboxylic acids is 1. The zero-order chi connectivity index (χ0) is 16.9. The minimum atomic E-state index is -0.269. The molecule has 1 aliphatic rings. The van der Waals surface area contributed by atoms with E-state index in [1.54, 1.807) is 7.11 Å². The summed E-state index contributed by atoms with van der Waals surface area (Å²) in [6.07, 6.45) is 4.54. The predicted octanol–water partition coefficient (Wildman–Crippen LogP) is 3.28. The molecule has 1 saturated carbocycles. The highest BCUT2D eigenvalue weighted by Crippen LogP contribution is 2.27. The topological polar surface area (TPSA) is 77.2 Å². The fourth-order valence-corrected chi connectivity index (χ4v) is 3.39. The molecule has 128 valence electrons. The Morgan fingerprint density at radius 2 is 2.00 bits per heavy atom. The summed E-state index contributed by atoms with van der Waals surface area (Å²) < 4.78 is 10.8. The number of thioether (sulfide) groups is 1. The van der Waals surface area contributed by atoms with Gasteiger partial charge in [0, 0.05) is 11.6 Å². The largest absolute Gasteiger partial charge is 0.497 e. The molecular weight excluding hydrogens is 326 g/mol. The number of methoxy groups -OCH3 is 1. The van der Waals surface area contributed by atoms with E-state index in [2.05, 4.69) is 15.5 Å². The molecule has 2 aromatic rings. The van der Waals surface area contributed by atoms with E-state index in [4.69, 9.17) is 9.15 Å². The Labute approximate surface area is 145 Å². The molecule has 1 atom stereocenters. The first-order chi connectivity index (χ1) is 11.7. The van der Waals surface area contributed by atoms with E-state index in [1.807, 2.05) is 31.2 Å². The number of nitrogens with one attached hydrogen (secondary N) is 1. The highest BCUT2D eigenvalue weighted by molar-refractivity contribution is 8.00. The van der Waals surface area contributed by atoms with E-state index in [1.165, 1.54) is 24.6 Å². The summed E-state index contributed by atoms with van der Waals surface area (Å²) in [5, 5.41) is 11.3. The molecule has 1 fully saturated rings. The van der Waals surface area contributed by atoms with Crippen molar-refractivity contribution in [3.8, 4) is 17.2 Å². The lowest BCUT2D eigenvalue weighted by Crippen LogP contribution is -2.37. The van der Waals surface area contributed by atoms with E-state index < -0.39 is 0 Å². The van der Waals surface area contributed by atoms with Crippen LogP contribution in [-0.4, -0.2) is 34.5 Å². The van der Waals surface area contributed by atoms with E-state index in [9.17, 15) is 4.79 Å². The number of amides is 1. The van der Waals surface area contributed by atoms with Crippen molar-refractivity contribution in [3.05, 3.63) is 24.3 Å². The molecule has 3 rings (SSSR count). The predicted molar refractivity (Wildman–Crippen MR) is 92.0 cm³/mol. The van der Waals surface area contributed by atoms with Crippen molar-refractivity contribution in [1.82, 2.24) is 15.5 Å². The van der Waals surface area contributed by atoms with Gasteiger partial charge in [-0.2, -0.15) is 0 Å². The van der Waals surface area contributed by atoms with Crippen LogP contribution in [-0.2, 0) is 4.79 Å². The maximum absolute atomic E-state index is 12.2. The van der Waals surface area contributed by atoms with Crippen LogP contribution in [0.4, 0.5) is 0 Å². The Morgan fingerprint density at radius 3 is 2.67 bits per heavy atom. The van der Waals surface area contributed by atoms with Crippen LogP contribution >= 0.6 is 11.8 Å². The molecule has 0 aliphatic heterocycles. The summed E-state index contributed by atoms with van der Waals surface area (Å²) >= 11 is 1.28. The summed E-state index contributed by atoms with van der Waals surface area (Å²) in [7, 11) is 1.62. The SMILES string of the molecule is COc1ccc(-c2nnc(S[C@H](C)C(=O)NC3CCCC3)o2)cc1. The van der Waals surface area contributed by atoms with Crippen LogP contribution in [0.2, 0.25) is 0 Å². The number of nitrogens with zero attached hydrogens (tertiary/aromatic N) is 2. The van der Waals surface area contributed by atoms with Crippen LogP contribution in [0.1, 0.15) is 32.6 Å². The molecular formula is C17H21N3O3S. The molecule has 7 heteroatoms. The zero-order valence-corrected chi connectivity index (χ0v) is 14.6. The number of rotatable bonds is 6. The average molecular weight is 347 g/mol. The third kappa shape index (κ3) is 4.08. The molecule has 1 aromatic heterocycles. The monoisotopic (exact) mass is 347 g/mol. The first-order valence-electron chi connectivity index (χ1n) is 8.10. The van der Waals surface area contributed by atoms with Gasteiger partial charge in [0.05, 0.1) is 12.4 Å². The van der Waals surface area contributed by atoms with E-state index in [0.717, 1.165) is 24.2 Å². The van der Waals surface area contributed by atoms with Crippen molar-refractivity contribution in [1.29, 1.82) is 0 Å². The van der Waals surface area contributed by atoms with Gasteiger partial charge in [-0.3, -0.25) is 4.79 Å². The molecule has 1 amide bonds. The van der Waals surface area contributed by atoms with Crippen molar-refractivity contribution >= 4 is 17.7 Å². The molecule has 6 nitrogen and oxygen atoms in total. The lowest BCUT2D eigenvalue weighted by Gasteiger charge is -2.14. The van der Waals surface area contributed by atoms with Gasteiger partial charge in [-0.15, -0.1) is 10.2 Å². The fourth-order valence-electron chi connectivity index (χ4n) is 2.70. The number of benzene rings is 1. The van der Waals surface area contributed by atoms with E-state index in [0.29, 0.717) is 17.2 Å². The maximum Gasteiger partial charge on any atom is 0.277 e. The smallest absolute Gasteiger partial charge is 0.277 e. The van der Waals surface area contributed by atoms with Gasteiger partial charge in [-0.05, 0) is 44.0 Å². The van der Waals surface area contributed by atoms with Crippen LogP contribution in [0.5, 0.6) is 5.75 Å². The number of carbonyl (C=O) groups is 1. The third-order valence-electron chi connectivity index (χ3n) is 4.09. The summed E-state index contributed by atoms with van der Waals surface area (Å²) in [4.78, 5) is 12.2. The molecule has 1 aliphatic carbocycles. The minimum absolute atomic E-state index is 0.0242. The average Bonchev–Trinajstić information content (AvgIpc) is 3.27. The van der Waals surface area contributed by atoms with Crippen LogP contribution in [0.15, 0.2) is 33.9 Å². The quantitative estimate of drug-likeness (QED) is 0.808. The first-order valence-corrected chi connectivity index (χ1v) is 8.98. The van der Waals surface area contributed by atoms with Gasteiger partial charge >= 0.3 is 0 Å². The van der Waals surface area contributed by atoms with E-state index >= 15 is 0 Å². The molecule has 24 heavy (non-hydrogen) atoms. The van der Waals surface area contributed by atoms with E-state index in [-0.39, 0.29) is 11.2 Å². The molecule has 0 bridgehead atoms. The van der Waals surface area contributed by atoms with Gasteiger partial charge in [-0.1, -0.05) is 24.6 Å². The highest BCUT2D eigenvalue weighted by Gasteiger charge is 2.23. The van der Waals surface area contributed by atoms with Crippen molar-refractivity contribution in [2.75, 3.05) is 7.11 Å².